The van der Waals surface area contributed by atoms with E-state index in [2.05, 4.69) is 10.1 Å². The third-order valence-corrected chi connectivity index (χ3v) is 3.19. The quantitative estimate of drug-likeness (QED) is 0.666. The minimum absolute atomic E-state index is 0.0731. The van der Waals surface area contributed by atoms with Gasteiger partial charge in [-0.05, 0) is 11.5 Å². The van der Waals surface area contributed by atoms with Crippen molar-refractivity contribution in [2.45, 2.75) is 25.3 Å². The molecular formula is C14H18ClNO3. The molecule has 0 radical (unpaired) electrons. The van der Waals surface area contributed by atoms with E-state index in [0.717, 1.165) is 0 Å². The molecule has 0 aliphatic heterocycles. The molecule has 0 bridgehead atoms. The van der Waals surface area contributed by atoms with Crippen LogP contribution in [0.1, 0.15) is 24.8 Å². The molecule has 1 aromatic rings. The third kappa shape index (κ3) is 4.24. The van der Waals surface area contributed by atoms with Crippen molar-refractivity contribution in [3.8, 4) is 0 Å². The lowest BCUT2D eigenvalue weighted by molar-refractivity contribution is -0.146. The zero-order valence-corrected chi connectivity index (χ0v) is 12.0. The predicted octanol–water partition coefficient (Wildman–Crippen LogP) is 2.28. The molecule has 0 heterocycles. The zero-order valence-electron chi connectivity index (χ0n) is 11.2. The summed E-state index contributed by atoms with van der Waals surface area (Å²) in [4.78, 5) is 23.6. The van der Waals surface area contributed by atoms with Gasteiger partial charge in [-0.15, -0.1) is 11.6 Å². The Hall–Kier alpha value is -1.55. The van der Waals surface area contributed by atoms with E-state index >= 15 is 0 Å². The number of ether oxygens (including phenoxy) is 1. The molecule has 4 nitrogen and oxygen atoms in total. The number of hydrogen-bond acceptors (Lipinski definition) is 3. The summed E-state index contributed by atoms with van der Waals surface area (Å²) in [6.45, 7) is 3.65. The maximum atomic E-state index is 12.0. The monoisotopic (exact) mass is 283 g/mol. The molecule has 2 atom stereocenters. The van der Waals surface area contributed by atoms with Crippen molar-refractivity contribution in [2.24, 2.45) is 5.92 Å². The van der Waals surface area contributed by atoms with E-state index in [9.17, 15) is 9.59 Å². The molecular weight excluding hydrogens is 266 g/mol. The van der Waals surface area contributed by atoms with E-state index < -0.39 is 23.3 Å². The summed E-state index contributed by atoms with van der Waals surface area (Å²) < 4.78 is 4.66. The molecule has 1 rings (SSSR count). The number of amides is 1. The van der Waals surface area contributed by atoms with Gasteiger partial charge in [-0.1, -0.05) is 44.2 Å². The van der Waals surface area contributed by atoms with Crippen LogP contribution in [0.4, 0.5) is 0 Å². The largest absolute Gasteiger partial charge is 0.467 e. The van der Waals surface area contributed by atoms with Gasteiger partial charge in [-0.25, -0.2) is 4.79 Å². The fourth-order valence-corrected chi connectivity index (χ4v) is 1.83. The Kier molecular flexibility index (Phi) is 5.83. The molecule has 0 aliphatic rings. The van der Waals surface area contributed by atoms with Crippen LogP contribution in [-0.4, -0.2) is 25.0 Å². The smallest absolute Gasteiger partial charge is 0.328 e. The number of methoxy groups -OCH3 is 1. The number of benzene rings is 1. The number of hydrogen-bond donors (Lipinski definition) is 1. The van der Waals surface area contributed by atoms with Gasteiger partial charge in [-0.3, -0.25) is 4.79 Å². The van der Waals surface area contributed by atoms with Gasteiger partial charge >= 0.3 is 5.97 Å². The number of nitrogens with one attached hydrogen (secondary N) is 1. The van der Waals surface area contributed by atoms with Crippen molar-refractivity contribution in [2.75, 3.05) is 7.11 Å². The van der Waals surface area contributed by atoms with Crippen LogP contribution in [0, 0.1) is 5.92 Å². The van der Waals surface area contributed by atoms with E-state index in [4.69, 9.17) is 11.6 Å². The van der Waals surface area contributed by atoms with E-state index in [0.29, 0.717) is 5.56 Å². The van der Waals surface area contributed by atoms with Gasteiger partial charge in [0.15, 0.2) is 0 Å². The molecule has 1 N–H and O–H groups in total. The van der Waals surface area contributed by atoms with Crippen molar-refractivity contribution in [3.63, 3.8) is 0 Å². The molecule has 0 fully saturated rings. The fraction of sp³-hybridized carbons (Fsp3) is 0.429. The molecule has 0 aliphatic carbocycles. The SMILES string of the molecule is COC(=O)[C@@H](NC(=O)C(Cl)c1ccccc1)C(C)C. The number of alkyl halides is 1. The second kappa shape index (κ2) is 7.14. The van der Waals surface area contributed by atoms with Gasteiger partial charge in [0.25, 0.3) is 0 Å². The van der Waals surface area contributed by atoms with Crippen molar-refractivity contribution in [3.05, 3.63) is 35.9 Å². The Morgan fingerprint density at radius 3 is 2.26 bits per heavy atom. The highest BCUT2D eigenvalue weighted by Gasteiger charge is 2.28. The lowest BCUT2D eigenvalue weighted by Crippen LogP contribution is -2.46. The van der Waals surface area contributed by atoms with Crippen LogP contribution in [0.15, 0.2) is 30.3 Å². The first kappa shape index (κ1) is 15.5. The average Bonchev–Trinajstić information content (AvgIpc) is 2.43. The Bertz CT molecular complexity index is 434. The van der Waals surface area contributed by atoms with E-state index in [1.54, 1.807) is 24.3 Å². The summed E-state index contributed by atoms with van der Waals surface area (Å²) in [5.74, 6) is -0.951. The Labute approximate surface area is 118 Å². The lowest BCUT2D eigenvalue weighted by atomic mass is 10.0. The standard InChI is InChI=1S/C14H18ClNO3/c1-9(2)12(14(18)19-3)16-13(17)11(15)10-7-5-4-6-8-10/h4-9,11-12H,1-3H3,(H,16,17)/t11?,12-/m0/s1. The van der Waals surface area contributed by atoms with Gasteiger partial charge in [-0.2, -0.15) is 0 Å². The zero-order chi connectivity index (χ0) is 14.4. The first-order valence-corrected chi connectivity index (χ1v) is 6.48. The molecule has 0 aromatic heterocycles. The summed E-state index contributed by atoms with van der Waals surface area (Å²) in [6, 6.07) is 8.29. The number of rotatable bonds is 5. The minimum Gasteiger partial charge on any atom is -0.467 e. The minimum atomic E-state index is -0.827. The molecule has 1 aromatic carbocycles. The van der Waals surface area contributed by atoms with Gasteiger partial charge in [0.2, 0.25) is 5.91 Å². The molecule has 0 saturated heterocycles. The van der Waals surface area contributed by atoms with Crippen molar-refractivity contribution < 1.29 is 14.3 Å². The summed E-state index contributed by atoms with van der Waals surface area (Å²) >= 11 is 6.09. The van der Waals surface area contributed by atoms with Crippen LogP contribution < -0.4 is 5.32 Å². The average molecular weight is 284 g/mol. The third-order valence-electron chi connectivity index (χ3n) is 2.74. The molecule has 19 heavy (non-hydrogen) atoms. The summed E-state index contributed by atoms with van der Waals surface area (Å²) in [7, 11) is 1.29. The maximum absolute atomic E-state index is 12.0. The second-order valence-corrected chi connectivity index (χ2v) is 4.96. The van der Waals surface area contributed by atoms with Gasteiger partial charge in [0, 0.05) is 0 Å². The van der Waals surface area contributed by atoms with E-state index in [1.165, 1.54) is 7.11 Å². The second-order valence-electron chi connectivity index (χ2n) is 4.53. The molecule has 0 spiro atoms. The van der Waals surface area contributed by atoms with Gasteiger partial charge < -0.3 is 10.1 Å². The fourth-order valence-electron chi connectivity index (χ4n) is 1.62. The summed E-state index contributed by atoms with van der Waals surface area (Å²) in [5.41, 5.74) is 0.689. The Balaban J connectivity index is 2.75. The first-order valence-electron chi connectivity index (χ1n) is 6.04. The van der Waals surface area contributed by atoms with Crippen LogP contribution in [0.3, 0.4) is 0 Å². The van der Waals surface area contributed by atoms with E-state index in [1.807, 2.05) is 19.9 Å². The van der Waals surface area contributed by atoms with Crippen LogP contribution in [-0.2, 0) is 14.3 Å². The first-order chi connectivity index (χ1) is 8.97. The Morgan fingerprint density at radius 1 is 1.21 bits per heavy atom. The predicted molar refractivity (Wildman–Crippen MR) is 73.8 cm³/mol. The summed E-state index contributed by atoms with van der Waals surface area (Å²) in [6.07, 6.45) is 0. The molecule has 1 unspecified atom stereocenters. The highest BCUT2D eigenvalue weighted by molar-refractivity contribution is 6.30. The number of carbonyl (C=O) groups is 2. The molecule has 1 amide bonds. The van der Waals surface area contributed by atoms with Crippen LogP contribution in [0.25, 0.3) is 0 Å². The van der Waals surface area contributed by atoms with Crippen LogP contribution in [0.5, 0.6) is 0 Å². The highest BCUT2D eigenvalue weighted by atomic mass is 35.5. The normalized spacial score (nSPS) is 13.7. The topological polar surface area (TPSA) is 55.4 Å². The Morgan fingerprint density at radius 2 is 1.79 bits per heavy atom. The van der Waals surface area contributed by atoms with Gasteiger partial charge in [0.1, 0.15) is 11.4 Å². The number of halogens is 1. The van der Waals surface area contributed by atoms with Crippen molar-refractivity contribution in [1.82, 2.24) is 5.32 Å². The number of carbonyl (C=O) groups excluding carboxylic acids is 2. The molecule has 104 valence electrons. The van der Waals surface area contributed by atoms with E-state index in [-0.39, 0.29) is 5.92 Å². The van der Waals surface area contributed by atoms with Crippen LogP contribution >= 0.6 is 11.6 Å². The van der Waals surface area contributed by atoms with Crippen LogP contribution in [0.2, 0.25) is 0 Å². The van der Waals surface area contributed by atoms with Crippen molar-refractivity contribution in [1.29, 1.82) is 0 Å². The molecule has 5 heteroatoms. The number of esters is 1. The van der Waals surface area contributed by atoms with Gasteiger partial charge in [0.05, 0.1) is 7.11 Å². The van der Waals surface area contributed by atoms with Crippen molar-refractivity contribution >= 4 is 23.5 Å². The highest BCUT2D eigenvalue weighted by Crippen LogP contribution is 2.20. The maximum Gasteiger partial charge on any atom is 0.328 e. The lowest BCUT2D eigenvalue weighted by Gasteiger charge is -2.21. The summed E-state index contributed by atoms with van der Waals surface area (Å²) in [5, 5.41) is 1.79. The molecule has 0 saturated carbocycles.